The van der Waals surface area contributed by atoms with Crippen molar-refractivity contribution in [3.05, 3.63) is 35.9 Å². The molecule has 0 saturated heterocycles. The van der Waals surface area contributed by atoms with E-state index < -0.39 is 0 Å². The largest absolute Gasteiger partial charge is 0.399 e. The van der Waals surface area contributed by atoms with Crippen LogP contribution in [0.15, 0.2) is 30.3 Å². The molecular weight excluding hydrogens is 198 g/mol. The Bertz CT molecular complexity index is 365. The van der Waals surface area contributed by atoms with Gasteiger partial charge in [0.25, 0.3) is 0 Å². The number of allylic oxidation sites excluding steroid dienone is 1. The van der Waals surface area contributed by atoms with Gasteiger partial charge in [-0.25, -0.2) is 0 Å². The summed E-state index contributed by atoms with van der Waals surface area (Å²) in [5, 5.41) is 0. The van der Waals surface area contributed by atoms with E-state index in [1.807, 2.05) is 37.3 Å². The highest BCUT2D eigenvalue weighted by molar-refractivity contribution is 5.95. The molecule has 0 aliphatic carbocycles. The first-order valence-electron chi connectivity index (χ1n) is 5.71. The minimum Gasteiger partial charge on any atom is -0.399 e. The number of carbonyl (C=O) groups excluding carboxylic acids is 1. The predicted molar refractivity (Wildman–Crippen MR) is 69.0 cm³/mol. The Morgan fingerprint density at radius 1 is 1.38 bits per heavy atom. The average molecular weight is 217 g/mol. The van der Waals surface area contributed by atoms with Gasteiger partial charge in [0.2, 0.25) is 0 Å². The molecule has 0 bridgehead atoms. The second kappa shape index (κ2) is 6.11. The first-order chi connectivity index (χ1) is 7.63. The molecule has 0 spiro atoms. The fourth-order valence-electron chi connectivity index (χ4n) is 1.53. The van der Waals surface area contributed by atoms with E-state index in [1.54, 1.807) is 6.08 Å². The van der Waals surface area contributed by atoms with Crippen LogP contribution >= 0.6 is 0 Å². The Kier molecular flexibility index (Phi) is 4.77. The van der Waals surface area contributed by atoms with Crippen LogP contribution < -0.4 is 5.73 Å². The third kappa shape index (κ3) is 3.89. The molecule has 2 nitrogen and oxygen atoms in total. The number of nitrogen functional groups attached to an aromatic ring is 1. The van der Waals surface area contributed by atoms with Gasteiger partial charge in [0, 0.05) is 11.6 Å². The number of hydrogen-bond donors (Lipinski definition) is 1. The van der Waals surface area contributed by atoms with E-state index in [4.69, 9.17) is 5.73 Å². The highest BCUT2D eigenvalue weighted by Crippen LogP contribution is 2.10. The minimum absolute atomic E-state index is 0.120. The lowest BCUT2D eigenvalue weighted by Crippen LogP contribution is -2.06. The molecule has 2 N–H and O–H groups in total. The molecule has 0 aliphatic rings. The maximum Gasteiger partial charge on any atom is 0.158 e. The van der Waals surface area contributed by atoms with Gasteiger partial charge in [-0.3, -0.25) is 4.79 Å². The molecule has 0 aromatic heterocycles. The maximum atomic E-state index is 11.7. The van der Waals surface area contributed by atoms with Gasteiger partial charge in [0.15, 0.2) is 5.78 Å². The van der Waals surface area contributed by atoms with Crippen LogP contribution in [-0.2, 0) is 4.79 Å². The van der Waals surface area contributed by atoms with Gasteiger partial charge >= 0.3 is 0 Å². The van der Waals surface area contributed by atoms with Crippen molar-refractivity contribution in [2.24, 2.45) is 5.92 Å². The van der Waals surface area contributed by atoms with E-state index in [2.05, 4.69) is 6.92 Å². The van der Waals surface area contributed by atoms with Crippen LogP contribution in [0.3, 0.4) is 0 Å². The number of anilines is 1. The van der Waals surface area contributed by atoms with Crippen molar-refractivity contribution in [1.29, 1.82) is 0 Å². The smallest absolute Gasteiger partial charge is 0.158 e. The first kappa shape index (κ1) is 12.5. The summed E-state index contributed by atoms with van der Waals surface area (Å²) < 4.78 is 0. The molecule has 86 valence electrons. The standard InChI is InChI=1S/C14H19NO/c1-3-4-11(2)14(16)10-7-12-5-8-13(15)9-6-12/h5-11H,3-4,15H2,1-2H3/b10-7+. The fraction of sp³-hybridized carbons (Fsp3) is 0.357. The number of nitrogens with two attached hydrogens (primary N) is 1. The highest BCUT2D eigenvalue weighted by Gasteiger charge is 2.07. The zero-order valence-corrected chi connectivity index (χ0v) is 9.94. The van der Waals surface area contributed by atoms with Gasteiger partial charge in [-0.15, -0.1) is 0 Å². The summed E-state index contributed by atoms with van der Waals surface area (Å²) in [6, 6.07) is 7.48. The summed E-state index contributed by atoms with van der Waals surface area (Å²) >= 11 is 0. The van der Waals surface area contributed by atoms with E-state index in [1.165, 1.54) is 0 Å². The highest BCUT2D eigenvalue weighted by atomic mass is 16.1. The van der Waals surface area contributed by atoms with Gasteiger partial charge in [-0.1, -0.05) is 38.5 Å². The molecule has 0 radical (unpaired) electrons. The van der Waals surface area contributed by atoms with Crippen molar-refractivity contribution in [2.75, 3.05) is 5.73 Å². The molecule has 1 aromatic rings. The van der Waals surface area contributed by atoms with Crippen LogP contribution in [0.4, 0.5) is 5.69 Å². The zero-order valence-electron chi connectivity index (χ0n) is 9.94. The quantitative estimate of drug-likeness (QED) is 0.607. The second-order valence-electron chi connectivity index (χ2n) is 4.09. The molecule has 1 atom stereocenters. The average Bonchev–Trinajstić information content (AvgIpc) is 2.28. The molecule has 0 fully saturated rings. The summed E-state index contributed by atoms with van der Waals surface area (Å²) in [6.45, 7) is 4.06. The zero-order chi connectivity index (χ0) is 12.0. The van der Waals surface area contributed by atoms with E-state index in [-0.39, 0.29) is 11.7 Å². The van der Waals surface area contributed by atoms with Gasteiger partial charge in [0.05, 0.1) is 0 Å². The lowest BCUT2D eigenvalue weighted by Gasteiger charge is -2.04. The van der Waals surface area contributed by atoms with Crippen LogP contribution in [0.5, 0.6) is 0 Å². The predicted octanol–water partition coefficient (Wildman–Crippen LogP) is 3.29. The minimum atomic E-state index is 0.120. The molecule has 1 rings (SSSR count). The molecular formula is C14H19NO. The summed E-state index contributed by atoms with van der Waals surface area (Å²) in [5.74, 6) is 0.314. The van der Waals surface area contributed by atoms with Gasteiger partial charge in [0.1, 0.15) is 0 Å². The lowest BCUT2D eigenvalue weighted by molar-refractivity contribution is -0.117. The van der Waals surface area contributed by atoms with Crippen molar-refractivity contribution in [1.82, 2.24) is 0 Å². The number of benzene rings is 1. The van der Waals surface area contributed by atoms with E-state index >= 15 is 0 Å². The molecule has 0 heterocycles. The fourth-order valence-corrected chi connectivity index (χ4v) is 1.53. The molecule has 2 heteroatoms. The van der Waals surface area contributed by atoms with Crippen molar-refractivity contribution >= 4 is 17.5 Å². The number of carbonyl (C=O) groups is 1. The Morgan fingerprint density at radius 2 is 2.00 bits per heavy atom. The van der Waals surface area contributed by atoms with Gasteiger partial charge in [-0.05, 0) is 30.2 Å². The summed E-state index contributed by atoms with van der Waals surface area (Å²) in [5.41, 5.74) is 7.32. The van der Waals surface area contributed by atoms with Crippen molar-refractivity contribution in [2.45, 2.75) is 26.7 Å². The molecule has 0 saturated carbocycles. The van der Waals surface area contributed by atoms with Crippen LogP contribution in [-0.4, -0.2) is 5.78 Å². The topological polar surface area (TPSA) is 43.1 Å². The maximum absolute atomic E-state index is 11.7. The third-order valence-electron chi connectivity index (χ3n) is 2.58. The summed E-state index contributed by atoms with van der Waals surface area (Å²) in [4.78, 5) is 11.7. The summed E-state index contributed by atoms with van der Waals surface area (Å²) in [6.07, 6.45) is 5.49. The van der Waals surface area contributed by atoms with Crippen molar-refractivity contribution < 1.29 is 4.79 Å². The van der Waals surface area contributed by atoms with Gasteiger partial charge < -0.3 is 5.73 Å². The van der Waals surface area contributed by atoms with Gasteiger partial charge in [-0.2, -0.15) is 0 Å². The Labute approximate surface area is 97.2 Å². The number of rotatable bonds is 5. The number of ketones is 1. The SMILES string of the molecule is CCCC(C)C(=O)/C=C/c1ccc(N)cc1. The Morgan fingerprint density at radius 3 is 2.56 bits per heavy atom. The van der Waals surface area contributed by atoms with Crippen LogP contribution in [0.2, 0.25) is 0 Å². The van der Waals surface area contributed by atoms with Crippen molar-refractivity contribution in [3.63, 3.8) is 0 Å². The molecule has 1 aromatic carbocycles. The Hall–Kier alpha value is -1.57. The van der Waals surface area contributed by atoms with Crippen LogP contribution in [0.25, 0.3) is 6.08 Å². The second-order valence-corrected chi connectivity index (χ2v) is 4.09. The molecule has 0 amide bonds. The molecule has 0 aliphatic heterocycles. The van der Waals surface area contributed by atoms with Crippen LogP contribution in [0, 0.1) is 5.92 Å². The van der Waals surface area contributed by atoms with E-state index in [0.29, 0.717) is 0 Å². The molecule has 1 unspecified atom stereocenters. The van der Waals surface area contributed by atoms with Crippen LogP contribution in [0.1, 0.15) is 32.3 Å². The normalized spacial score (nSPS) is 12.9. The monoisotopic (exact) mass is 217 g/mol. The Balaban J connectivity index is 2.59. The molecule has 16 heavy (non-hydrogen) atoms. The van der Waals surface area contributed by atoms with E-state index in [0.717, 1.165) is 24.1 Å². The third-order valence-corrected chi connectivity index (χ3v) is 2.58. The lowest BCUT2D eigenvalue weighted by atomic mass is 10.00. The van der Waals surface area contributed by atoms with E-state index in [9.17, 15) is 4.79 Å². The first-order valence-corrected chi connectivity index (χ1v) is 5.71. The number of hydrogen-bond acceptors (Lipinski definition) is 2. The summed E-state index contributed by atoms with van der Waals surface area (Å²) in [7, 11) is 0. The van der Waals surface area contributed by atoms with Crippen molar-refractivity contribution in [3.8, 4) is 0 Å².